The lowest BCUT2D eigenvalue weighted by Gasteiger charge is -2.50. The molecule has 6 rings (SSSR count). The van der Waals surface area contributed by atoms with Gasteiger partial charge in [0.05, 0.1) is 11.6 Å². The van der Waals surface area contributed by atoms with E-state index in [1.807, 2.05) is 30.5 Å². The van der Waals surface area contributed by atoms with Gasteiger partial charge in [-0.25, -0.2) is 4.79 Å². The zero-order chi connectivity index (χ0) is 22.0. The van der Waals surface area contributed by atoms with Gasteiger partial charge in [0.2, 0.25) is 5.91 Å². The number of nitrogens with one attached hydrogen (secondary N) is 1. The largest absolute Gasteiger partial charge is 0.480 e. The number of carboxylic acids is 1. The van der Waals surface area contributed by atoms with Gasteiger partial charge in [-0.15, -0.1) is 6.58 Å². The lowest BCUT2D eigenvalue weighted by atomic mass is 9.73. The number of aliphatic carboxylic acids is 1. The fourth-order valence-corrected chi connectivity index (χ4v) is 5.09. The number of aromatic nitrogens is 1. The highest BCUT2D eigenvalue weighted by atomic mass is 16.4. The van der Waals surface area contributed by atoms with E-state index in [9.17, 15) is 14.7 Å². The number of para-hydroxylation sites is 1. The number of hydrogen-bond acceptors (Lipinski definition) is 5. The van der Waals surface area contributed by atoms with Gasteiger partial charge < -0.3 is 15.5 Å². The Morgan fingerprint density at radius 2 is 2.10 bits per heavy atom. The standard InChI is InChI=1S/C19H22N2O.C5H7NO3/c1-2-13-12-21-10-8-14(13)11-18(21)19(22)16-7-9-20-17-6-4-3-5-15(16)17;7-4-2-1-3(6-4)5(8)9/h2-7,9,13-14,18-19,22H,1,8,10-12H2;3H,1-2H2,(H,6,7)(H,8,9)/t13-,14-,18?,19-;3-/m00/s1. The third-order valence-corrected chi connectivity index (χ3v) is 6.81. The van der Waals surface area contributed by atoms with E-state index >= 15 is 0 Å². The number of amides is 1. The van der Waals surface area contributed by atoms with E-state index in [0.717, 1.165) is 36.0 Å². The van der Waals surface area contributed by atoms with Crippen LogP contribution in [-0.2, 0) is 9.59 Å². The van der Waals surface area contributed by atoms with Crippen molar-refractivity contribution in [2.45, 2.75) is 43.9 Å². The Morgan fingerprint density at radius 1 is 1.29 bits per heavy atom. The molecule has 3 N–H and O–H groups in total. The highest BCUT2D eigenvalue weighted by Gasteiger charge is 2.42. The summed E-state index contributed by atoms with van der Waals surface area (Å²) in [7, 11) is 0. The molecule has 2 bridgehead atoms. The summed E-state index contributed by atoms with van der Waals surface area (Å²) in [6.07, 6.45) is 6.53. The van der Waals surface area contributed by atoms with Crippen molar-refractivity contribution in [1.82, 2.24) is 15.2 Å². The SMILES string of the molecule is C=C[C@H]1CN2CC[C@H]1CC2[C@@H](O)c1ccnc2ccccc12.O=C1CC[C@@H](C(=O)O)N1. The average Bonchev–Trinajstić information content (AvgIpc) is 3.25. The molecule has 1 aromatic carbocycles. The van der Waals surface area contributed by atoms with Gasteiger partial charge in [0.25, 0.3) is 0 Å². The van der Waals surface area contributed by atoms with Gasteiger partial charge in [-0.3, -0.25) is 14.7 Å². The molecule has 0 aliphatic carbocycles. The molecule has 4 saturated heterocycles. The molecule has 1 amide bonds. The first-order valence-electron chi connectivity index (χ1n) is 10.9. The van der Waals surface area contributed by atoms with Gasteiger partial charge in [-0.05, 0) is 55.3 Å². The highest BCUT2D eigenvalue weighted by molar-refractivity contribution is 5.87. The van der Waals surface area contributed by atoms with E-state index in [-0.39, 0.29) is 11.9 Å². The summed E-state index contributed by atoms with van der Waals surface area (Å²) in [6.45, 7) is 6.11. The van der Waals surface area contributed by atoms with E-state index in [2.05, 4.69) is 33.9 Å². The number of piperidine rings is 3. The molecule has 0 saturated carbocycles. The smallest absolute Gasteiger partial charge is 0.326 e. The van der Waals surface area contributed by atoms with Gasteiger partial charge >= 0.3 is 5.97 Å². The Morgan fingerprint density at radius 3 is 2.71 bits per heavy atom. The number of nitrogens with zero attached hydrogens (tertiary/aromatic N) is 2. The van der Waals surface area contributed by atoms with Crippen LogP contribution in [0.4, 0.5) is 0 Å². The number of benzene rings is 1. The van der Waals surface area contributed by atoms with Crippen LogP contribution < -0.4 is 5.32 Å². The monoisotopic (exact) mass is 423 g/mol. The number of carbonyl (C=O) groups excluding carboxylic acids is 1. The van der Waals surface area contributed by atoms with Gasteiger partial charge in [0, 0.05) is 30.6 Å². The molecule has 2 unspecified atom stereocenters. The Bertz CT molecular complexity index is 973. The molecular weight excluding hydrogens is 394 g/mol. The maximum absolute atomic E-state index is 11.0. The fourth-order valence-electron chi connectivity index (χ4n) is 5.09. The summed E-state index contributed by atoms with van der Waals surface area (Å²) >= 11 is 0. The zero-order valence-electron chi connectivity index (χ0n) is 17.5. The average molecular weight is 424 g/mol. The zero-order valence-corrected chi connectivity index (χ0v) is 17.5. The summed E-state index contributed by atoms with van der Waals surface area (Å²) < 4.78 is 0. The maximum atomic E-state index is 11.0. The summed E-state index contributed by atoms with van der Waals surface area (Å²) in [5.41, 5.74) is 1.97. The summed E-state index contributed by atoms with van der Waals surface area (Å²) in [5, 5.41) is 22.7. The molecule has 4 fully saturated rings. The first kappa shape index (κ1) is 21.5. The number of pyridine rings is 1. The van der Waals surface area contributed by atoms with Crippen molar-refractivity contribution in [2.24, 2.45) is 11.8 Å². The lowest BCUT2D eigenvalue weighted by molar-refractivity contribution is -0.140. The van der Waals surface area contributed by atoms with Crippen molar-refractivity contribution in [2.75, 3.05) is 13.1 Å². The molecule has 0 spiro atoms. The van der Waals surface area contributed by atoms with Crippen LogP contribution in [0.2, 0.25) is 0 Å². The molecule has 4 aliphatic heterocycles. The van der Waals surface area contributed by atoms with Crippen LogP contribution in [0.5, 0.6) is 0 Å². The van der Waals surface area contributed by atoms with E-state index in [4.69, 9.17) is 5.11 Å². The number of aliphatic hydroxyl groups is 1. The number of aliphatic hydroxyl groups excluding tert-OH is 1. The predicted octanol–water partition coefficient (Wildman–Crippen LogP) is 2.51. The van der Waals surface area contributed by atoms with Gasteiger partial charge in [-0.2, -0.15) is 0 Å². The number of fused-ring (bicyclic) bond motifs is 4. The number of carboxylic acid groups (broad SMARTS) is 1. The third kappa shape index (κ3) is 4.48. The molecule has 6 atom stereocenters. The van der Waals surface area contributed by atoms with Crippen molar-refractivity contribution < 1.29 is 19.8 Å². The molecule has 0 radical (unpaired) electrons. The van der Waals surface area contributed by atoms with Crippen LogP contribution in [0.15, 0.2) is 49.2 Å². The minimum atomic E-state index is -0.944. The summed E-state index contributed by atoms with van der Waals surface area (Å²) in [6, 6.07) is 9.63. The Kier molecular flexibility index (Phi) is 6.34. The van der Waals surface area contributed by atoms with Crippen molar-refractivity contribution in [1.29, 1.82) is 0 Å². The van der Waals surface area contributed by atoms with E-state index in [1.165, 1.54) is 6.42 Å². The second-order valence-corrected chi connectivity index (χ2v) is 8.61. The second-order valence-electron chi connectivity index (χ2n) is 8.61. The van der Waals surface area contributed by atoms with Crippen molar-refractivity contribution in [3.8, 4) is 0 Å². The molecule has 7 nitrogen and oxygen atoms in total. The molecule has 31 heavy (non-hydrogen) atoms. The highest BCUT2D eigenvalue weighted by Crippen LogP contribution is 2.41. The normalized spacial score (nSPS) is 30.2. The summed E-state index contributed by atoms with van der Waals surface area (Å²) in [4.78, 5) is 27.4. The van der Waals surface area contributed by atoms with E-state index in [0.29, 0.717) is 24.7 Å². The first-order chi connectivity index (χ1) is 15.0. The number of hydrogen-bond donors (Lipinski definition) is 3. The molecule has 5 heterocycles. The van der Waals surface area contributed by atoms with Gasteiger partial charge in [0.1, 0.15) is 6.04 Å². The van der Waals surface area contributed by atoms with Crippen molar-refractivity contribution in [3.05, 3.63) is 54.7 Å². The molecule has 2 aromatic rings. The van der Waals surface area contributed by atoms with E-state index in [1.54, 1.807) is 0 Å². The van der Waals surface area contributed by atoms with Crippen LogP contribution in [0.3, 0.4) is 0 Å². The van der Waals surface area contributed by atoms with Crippen molar-refractivity contribution in [3.63, 3.8) is 0 Å². The molecule has 1 aromatic heterocycles. The summed E-state index contributed by atoms with van der Waals surface area (Å²) in [5.74, 6) is 0.157. The molecule has 164 valence electrons. The van der Waals surface area contributed by atoms with Crippen LogP contribution in [0.25, 0.3) is 10.9 Å². The predicted molar refractivity (Wildman–Crippen MR) is 117 cm³/mol. The van der Waals surface area contributed by atoms with Crippen LogP contribution >= 0.6 is 0 Å². The molecule has 7 heteroatoms. The number of carbonyl (C=O) groups is 2. The van der Waals surface area contributed by atoms with Gasteiger partial charge in [0.15, 0.2) is 0 Å². The topological polar surface area (TPSA) is 103 Å². The second kappa shape index (κ2) is 9.16. The van der Waals surface area contributed by atoms with Crippen molar-refractivity contribution >= 4 is 22.8 Å². The third-order valence-electron chi connectivity index (χ3n) is 6.81. The van der Waals surface area contributed by atoms with Crippen LogP contribution in [-0.4, -0.2) is 57.1 Å². The van der Waals surface area contributed by atoms with Crippen LogP contribution in [0.1, 0.15) is 37.4 Å². The molecule has 4 aliphatic rings. The lowest BCUT2D eigenvalue weighted by Crippen LogP contribution is -2.54. The quantitative estimate of drug-likeness (QED) is 0.653. The maximum Gasteiger partial charge on any atom is 0.326 e. The first-order valence-corrected chi connectivity index (χ1v) is 10.9. The Balaban J connectivity index is 0.000000217. The minimum Gasteiger partial charge on any atom is -0.480 e. The number of rotatable bonds is 4. The Labute approximate surface area is 181 Å². The van der Waals surface area contributed by atoms with Crippen LogP contribution in [0, 0.1) is 11.8 Å². The van der Waals surface area contributed by atoms with E-state index < -0.39 is 18.1 Å². The molecular formula is C24H29N3O4. The minimum absolute atomic E-state index is 0.164. The Hall–Kier alpha value is -2.77. The fraction of sp³-hybridized carbons (Fsp3) is 0.458. The van der Waals surface area contributed by atoms with Gasteiger partial charge in [-0.1, -0.05) is 24.3 Å².